The first-order chi connectivity index (χ1) is 13.3. The van der Waals surface area contributed by atoms with Crippen LogP contribution in [0, 0.1) is 0 Å². The highest BCUT2D eigenvalue weighted by Crippen LogP contribution is 2.41. The number of nitrogens with one attached hydrogen (secondary N) is 1. The van der Waals surface area contributed by atoms with E-state index in [1.165, 1.54) is 0 Å². The molecule has 1 amide bonds. The minimum Gasteiger partial charge on any atom is -0.497 e. The SMILES string of the molecule is CC[C@@H](Oc1ccccc1Cl)C(=O)N[C@@H]1CC(C)(C)Oc2cc(OC)ccc21. The molecule has 5 nitrogen and oxygen atoms in total. The third kappa shape index (κ3) is 4.53. The first-order valence-corrected chi connectivity index (χ1v) is 9.79. The molecule has 1 aliphatic heterocycles. The number of para-hydroxylation sites is 1. The van der Waals surface area contributed by atoms with Crippen LogP contribution in [0.1, 0.15) is 45.2 Å². The Labute approximate surface area is 170 Å². The number of carbonyl (C=O) groups is 1. The average molecular weight is 404 g/mol. The summed E-state index contributed by atoms with van der Waals surface area (Å²) in [4.78, 5) is 13.0. The van der Waals surface area contributed by atoms with Crippen LogP contribution in [0.5, 0.6) is 17.2 Å². The molecule has 0 unspecified atom stereocenters. The lowest BCUT2D eigenvalue weighted by molar-refractivity contribution is -0.129. The first-order valence-electron chi connectivity index (χ1n) is 9.41. The predicted octanol–water partition coefficient (Wildman–Crippen LogP) is 4.92. The van der Waals surface area contributed by atoms with Crippen molar-refractivity contribution in [2.24, 2.45) is 0 Å². The van der Waals surface area contributed by atoms with Crippen LogP contribution in [0.25, 0.3) is 0 Å². The molecule has 0 aliphatic carbocycles. The zero-order valence-corrected chi connectivity index (χ0v) is 17.4. The standard InChI is InChI=1S/C22H26ClNO4/c1-5-18(27-19-9-7-6-8-16(19)23)21(25)24-17-13-22(2,3)28-20-12-14(26-4)10-11-15(17)20/h6-12,17-18H,5,13H2,1-4H3,(H,24,25)/t17-,18-/m1/s1. The topological polar surface area (TPSA) is 56.8 Å². The average Bonchev–Trinajstić information content (AvgIpc) is 2.65. The van der Waals surface area contributed by atoms with Crippen molar-refractivity contribution >= 4 is 17.5 Å². The lowest BCUT2D eigenvalue weighted by Crippen LogP contribution is -2.45. The summed E-state index contributed by atoms with van der Waals surface area (Å²) in [7, 11) is 1.62. The van der Waals surface area contributed by atoms with Gasteiger partial charge in [0.2, 0.25) is 0 Å². The maximum Gasteiger partial charge on any atom is 0.261 e. The van der Waals surface area contributed by atoms with Crippen molar-refractivity contribution in [3.63, 3.8) is 0 Å². The molecule has 1 heterocycles. The Hall–Kier alpha value is -2.40. The number of hydrogen-bond acceptors (Lipinski definition) is 4. The Morgan fingerprint density at radius 3 is 2.75 bits per heavy atom. The van der Waals surface area contributed by atoms with E-state index in [0.29, 0.717) is 23.6 Å². The van der Waals surface area contributed by atoms with E-state index in [1.54, 1.807) is 19.2 Å². The fraction of sp³-hybridized carbons (Fsp3) is 0.409. The van der Waals surface area contributed by atoms with Crippen LogP contribution in [0.15, 0.2) is 42.5 Å². The summed E-state index contributed by atoms with van der Waals surface area (Å²) in [5.74, 6) is 1.77. The normalized spacial score (nSPS) is 18.4. The molecule has 6 heteroatoms. The monoisotopic (exact) mass is 403 g/mol. The molecule has 3 rings (SSSR count). The molecule has 2 atom stereocenters. The summed E-state index contributed by atoms with van der Waals surface area (Å²) < 4.78 is 17.3. The van der Waals surface area contributed by atoms with Crippen LogP contribution in [0.3, 0.4) is 0 Å². The molecule has 1 N–H and O–H groups in total. The van der Waals surface area contributed by atoms with Gasteiger partial charge in [-0.15, -0.1) is 0 Å². The van der Waals surface area contributed by atoms with E-state index in [9.17, 15) is 4.79 Å². The Morgan fingerprint density at radius 1 is 1.32 bits per heavy atom. The summed E-state index contributed by atoms with van der Waals surface area (Å²) in [6, 6.07) is 12.6. The maximum atomic E-state index is 13.0. The van der Waals surface area contributed by atoms with E-state index >= 15 is 0 Å². The molecule has 0 aromatic heterocycles. The van der Waals surface area contributed by atoms with Gasteiger partial charge in [0.15, 0.2) is 6.10 Å². The van der Waals surface area contributed by atoms with E-state index in [2.05, 4.69) is 5.32 Å². The Bertz CT molecular complexity index is 852. The summed E-state index contributed by atoms with van der Waals surface area (Å²) in [5.41, 5.74) is 0.517. The number of rotatable bonds is 6. The van der Waals surface area contributed by atoms with Crippen molar-refractivity contribution in [3.05, 3.63) is 53.1 Å². The number of methoxy groups -OCH3 is 1. The first kappa shape index (κ1) is 20.3. The van der Waals surface area contributed by atoms with Gasteiger partial charge in [0, 0.05) is 18.1 Å². The van der Waals surface area contributed by atoms with Crippen LogP contribution in [-0.2, 0) is 4.79 Å². The molecule has 150 valence electrons. The van der Waals surface area contributed by atoms with Crippen molar-refractivity contribution in [2.75, 3.05) is 7.11 Å². The van der Waals surface area contributed by atoms with Gasteiger partial charge in [-0.3, -0.25) is 4.79 Å². The summed E-state index contributed by atoms with van der Waals surface area (Å²) in [6.07, 6.45) is 0.548. The van der Waals surface area contributed by atoms with E-state index in [0.717, 1.165) is 17.1 Å². The van der Waals surface area contributed by atoms with Crippen LogP contribution in [0.4, 0.5) is 0 Å². The minimum atomic E-state index is -0.632. The van der Waals surface area contributed by atoms with E-state index < -0.39 is 11.7 Å². The minimum absolute atomic E-state index is 0.174. The van der Waals surface area contributed by atoms with Gasteiger partial charge in [0.1, 0.15) is 22.8 Å². The quantitative estimate of drug-likeness (QED) is 0.743. The number of hydrogen-bond donors (Lipinski definition) is 1. The lowest BCUT2D eigenvalue weighted by Gasteiger charge is -2.38. The largest absolute Gasteiger partial charge is 0.497 e. The van der Waals surface area contributed by atoms with Gasteiger partial charge in [-0.25, -0.2) is 0 Å². The van der Waals surface area contributed by atoms with Gasteiger partial charge in [-0.1, -0.05) is 30.7 Å². The number of carbonyl (C=O) groups excluding carboxylic acids is 1. The fourth-order valence-corrected chi connectivity index (χ4v) is 3.55. The van der Waals surface area contributed by atoms with Crippen molar-refractivity contribution in [3.8, 4) is 17.2 Å². The molecule has 0 saturated carbocycles. The van der Waals surface area contributed by atoms with Crippen LogP contribution in [-0.4, -0.2) is 24.7 Å². The zero-order chi connectivity index (χ0) is 20.3. The molecule has 0 radical (unpaired) electrons. The van der Waals surface area contributed by atoms with Gasteiger partial charge in [-0.05, 0) is 44.5 Å². The number of ether oxygens (including phenoxy) is 3. The molecule has 2 aromatic carbocycles. The summed E-state index contributed by atoms with van der Waals surface area (Å²) in [5, 5.41) is 3.62. The summed E-state index contributed by atoms with van der Waals surface area (Å²) >= 11 is 6.17. The zero-order valence-electron chi connectivity index (χ0n) is 16.6. The smallest absolute Gasteiger partial charge is 0.261 e. The van der Waals surface area contributed by atoms with Gasteiger partial charge >= 0.3 is 0 Å². The Balaban J connectivity index is 1.79. The molecule has 0 spiro atoms. The molecular weight excluding hydrogens is 378 g/mol. The van der Waals surface area contributed by atoms with Crippen LogP contribution >= 0.6 is 11.6 Å². The highest BCUT2D eigenvalue weighted by Gasteiger charge is 2.36. The molecule has 28 heavy (non-hydrogen) atoms. The van der Waals surface area contributed by atoms with Gasteiger partial charge in [0.25, 0.3) is 5.91 Å². The maximum absolute atomic E-state index is 13.0. The fourth-order valence-electron chi connectivity index (χ4n) is 3.37. The second-order valence-corrected chi connectivity index (χ2v) is 7.88. The second-order valence-electron chi connectivity index (χ2n) is 7.48. The molecule has 1 aliphatic rings. The van der Waals surface area contributed by atoms with Crippen molar-refractivity contribution in [1.29, 1.82) is 0 Å². The third-order valence-electron chi connectivity index (χ3n) is 4.76. The number of amides is 1. The Kier molecular flexibility index (Phi) is 6.04. The van der Waals surface area contributed by atoms with Crippen molar-refractivity contribution in [1.82, 2.24) is 5.32 Å². The van der Waals surface area contributed by atoms with Gasteiger partial charge in [0.05, 0.1) is 18.2 Å². The molecule has 2 aromatic rings. The highest BCUT2D eigenvalue weighted by atomic mass is 35.5. The molecule has 0 fully saturated rings. The lowest BCUT2D eigenvalue weighted by atomic mass is 9.89. The van der Waals surface area contributed by atoms with Crippen LogP contribution < -0.4 is 19.5 Å². The summed E-state index contributed by atoms with van der Waals surface area (Å²) in [6.45, 7) is 5.92. The van der Waals surface area contributed by atoms with Gasteiger partial charge in [-0.2, -0.15) is 0 Å². The molecule has 0 saturated heterocycles. The van der Waals surface area contributed by atoms with E-state index in [4.69, 9.17) is 25.8 Å². The second kappa shape index (κ2) is 8.31. The van der Waals surface area contributed by atoms with E-state index in [-0.39, 0.29) is 11.9 Å². The van der Waals surface area contributed by atoms with E-state index in [1.807, 2.05) is 51.1 Å². The molecular formula is C22H26ClNO4. The Morgan fingerprint density at radius 2 is 2.07 bits per heavy atom. The number of halogens is 1. The van der Waals surface area contributed by atoms with Crippen LogP contribution in [0.2, 0.25) is 5.02 Å². The highest BCUT2D eigenvalue weighted by molar-refractivity contribution is 6.32. The third-order valence-corrected chi connectivity index (χ3v) is 5.08. The number of fused-ring (bicyclic) bond motifs is 1. The van der Waals surface area contributed by atoms with Crippen molar-refractivity contribution in [2.45, 2.75) is 51.4 Å². The van der Waals surface area contributed by atoms with Gasteiger partial charge < -0.3 is 19.5 Å². The predicted molar refractivity (Wildman–Crippen MR) is 109 cm³/mol. The van der Waals surface area contributed by atoms with Crippen molar-refractivity contribution < 1.29 is 19.0 Å². The molecule has 0 bridgehead atoms. The number of benzene rings is 2.